The summed E-state index contributed by atoms with van der Waals surface area (Å²) in [7, 11) is 0. The van der Waals surface area contributed by atoms with Crippen molar-refractivity contribution in [2.45, 2.75) is 31.0 Å². The number of nitrogens with one attached hydrogen (secondary N) is 1. The van der Waals surface area contributed by atoms with Crippen LogP contribution in [0.4, 0.5) is 9.18 Å². The van der Waals surface area contributed by atoms with E-state index in [0.29, 0.717) is 39.3 Å². The Morgan fingerprint density at radius 1 is 1.06 bits per heavy atom. The second kappa shape index (κ2) is 9.26. The fourth-order valence-corrected chi connectivity index (χ4v) is 4.40. The predicted octanol–water partition coefficient (Wildman–Crippen LogP) is 2.57. The van der Waals surface area contributed by atoms with Gasteiger partial charge in [0.15, 0.2) is 0 Å². The van der Waals surface area contributed by atoms with Crippen LogP contribution in [-0.2, 0) is 4.74 Å². The molecule has 8 heteroatoms. The molecule has 3 atom stereocenters. The molecule has 32 heavy (non-hydrogen) atoms. The smallest absolute Gasteiger partial charge is 0.320 e. The lowest BCUT2D eigenvalue weighted by atomic mass is 9.79. The van der Waals surface area contributed by atoms with E-state index in [2.05, 4.69) is 5.32 Å². The van der Waals surface area contributed by atoms with Gasteiger partial charge in [0.1, 0.15) is 5.82 Å². The maximum absolute atomic E-state index is 13.4. The summed E-state index contributed by atoms with van der Waals surface area (Å²) in [6.07, 6.45) is 0.306. The molecule has 170 valence electrons. The third-order valence-corrected chi connectivity index (χ3v) is 6.24. The predicted molar refractivity (Wildman–Crippen MR) is 117 cm³/mol. The van der Waals surface area contributed by atoms with E-state index in [1.807, 2.05) is 30.3 Å². The molecule has 0 radical (unpaired) electrons. The van der Waals surface area contributed by atoms with E-state index in [4.69, 9.17) is 4.74 Å². The van der Waals surface area contributed by atoms with Gasteiger partial charge in [-0.25, -0.2) is 9.18 Å². The monoisotopic (exact) mass is 441 g/mol. The molecule has 2 aliphatic heterocycles. The van der Waals surface area contributed by atoms with Crippen LogP contribution < -0.4 is 5.32 Å². The molecule has 0 saturated carbocycles. The fourth-order valence-electron chi connectivity index (χ4n) is 4.40. The Morgan fingerprint density at radius 2 is 1.72 bits per heavy atom. The third-order valence-electron chi connectivity index (χ3n) is 6.24. The first-order valence-electron chi connectivity index (χ1n) is 10.8. The Bertz CT molecular complexity index is 945. The van der Waals surface area contributed by atoms with Gasteiger partial charge >= 0.3 is 6.03 Å². The summed E-state index contributed by atoms with van der Waals surface area (Å²) in [4.78, 5) is 29.9. The highest BCUT2D eigenvalue weighted by molar-refractivity contribution is 5.94. The summed E-state index contributed by atoms with van der Waals surface area (Å²) in [5.41, 5.74) is -0.151. The molecule has 0 aliphatic carbocycles. The highest BCUT2D eigenvalue weighted by Crippen LogP contribution is 2.38. The molecule has 2 aromatic rings. The zero-order valence-corrected chi connectivity index (χ0v) is 18.0. The molecule has 0 aromatic heterocycles. The topological polar surface area (TPSA) is 82.1 Å². The van der Waals surface area contributed by atoms with Crippen molar-refractivity contribution in [3.05, 3.63) is 71.5 Å². The number of hydrogen-bond donors (Lipinski definition) is 2. The van der Waals surface area contributed by atoms with Gasteiger partial charge < -0.3 is 25.0 Å². The number of hydrogen-bond acceptors (Lipinski definition) is 4. The molecule has 4 rings (SSSR count). The molecule has 2 aromatic carbocycles. The Labute approximate surface area is 186 Å². The van der Waals surface area contributed by atoms with Crippen molar-refractivity contribution in [2.75, 3.05) is 32.8 Å². The van der Waals surface area contributed by atoms with Crippen molar-refractivity contribution >= 4 is 11.9 Å². The van der Waals surface area contributed by atoms with E-state index in [-0.39, 0.29) is 11.6 Å². The second-order valence-electron chi connectivity index (χ2n) is 8.50. The molecule has 2 N–H and O–H groups in total. The van der Waals surface area contributed by atoms with Crippen LogP contribution >= 0.6 is 0 Å². The summed E-state index contributed by atoms with van der Waals surface area (Å²) in [6, 6.07) is 13.2. The largest absolute Gasteiger partial charge is 0.388 e. The van der Waals surface area contributed by atoms with Crippen molar-refractivity contribution in [2.24, 2.45) is 0 Å². The number of rotatable bonds is 3. The van der Waals surface area contributed by atoms with Gasteiger partial charge in [-0.15, -0.1) is 0 Å². The average molecular weight is 442 g/mol. The minimum atomic E-state index is -1.25. The number of morpholine rings is 1. The number of carbonyl (C=O) groups is 2. The molecule has 3 unspecified atom stereocenters. The Kier molecular flexibility index (Phi) is 6.43. The number of likely N-dealkylation sites (tertiary alicyclic amines) is 1. The lowest BCUT2D eigenvalue weighted by molar-refractivity contribution is -0.0574. The molecule has 7 nitrogen and oxygen atoms in total. The molecule has 2 aliphatic rings. The second-order valence-corrected chi connectivity index (χ2v) is 8.50. The lowest BCUT2D eigenvalue weighted by Gasteiger charge is -2.50. The molecule has 0 spiro atoms. The van der Waals surface area contributed by atoms with Crippen LogP contribution in [0.2, 0.25) is 0 Å². The van der Waals surface area contributed by atoms with Gasteiger partial charge in [-0.2, -0.15) is 0 Å². The number of ether oxygens (including phenoxy) is 1. The number of amides is 3. The van der Waals surface area contributed by atoms with Crippen LogP contribution in [0.15, 0.2) is 54.6 Å². The minimum absolute atomic E-state index is 0.140. The number of carbonyl (C=O) groups excluding carboxylic acids is 2. The molecular formula is C24H28FN3O4. The minimum Gasteiger partial charge on any atom is -0.388 e. The molecule has 0 bridgehead atoms. The maximum Gasteiger partial charge on any atom is 0.320 e. The summed E-state index contributed by atoms with van der Waals surface area (Å²) in [5.74, 6) is -0.868. The van der Waals surface area contributed by atoms with E-state index in [0.717, 1.165) is 5.56 Å². The summed E-state index contributed by atoms with van der Waals surface area (Å²) in [6.45, 7) is 4.00. The van der Waals surface area contributed by atoms with Gasteiger partial charge in [-0.1, -0.05) is 30.3 Å². The Balaban J connectivity index is 1.67. The summed E-state index contributed by atoms with van der Waals surface area (Å²) < 4.78 is 18.7. The van der Waals surface area contributed by atoms with Crippen molar-refractivity contribution < 1.29 is 23.8 Å². The van der Waals surface area contributed by atoms with Gasteiger partial charge in [0.05, 0.1) is 30.9 Å². The number of halogens is 1. The lowest BCUT2D eigenvalue weighted by Crippen LogP contribution is -2.65. The molecule has 2 fully saturated rings. The van der Waals surface area contributed by atoms with Crippen LogP contribution in [0.25, 0.3) is 0 Å². The number of nitrogens with zero attached hydrogens (tertiary/aromatic N) is 2. The van der Waals surface area contributed by atoms with E-state index >= 15 is 0 Å². The first-order valence-corrected chi connectivity index (χ1v) is 10.8. The normalized spacial score (nSPS) is 26.0. The van der Waals surface area contributed by atoms with Crippen molar-refractivity contribution in [3.8, 4) is 0 Å². The number of aliphatic hydroxyl groups is 1. The Morgan fingerprint density at radius 3 is 2.38 bits per heavy atom. The van der Waals surface area contributed by atoms with Gasteiger partial charge in [-0.3, -0.25) is 4.79 Å². The highest BCUT2D eigenvalue weighted by atomic mass is 19.1. The standard InChI is InChI=1S/C24H28FN3O4/c1-24(31)11-12-28(23(30)27-13-15-32-16-14-27)20(17-5-3-2-4-6-17)21(24)26-22(29)18-7-9-19(25)10-8-18/h2-10,20-21,31H,11-16H2,1H3,(H,26,29). The molecule has 2 saturated heterocycles. The number of piperidine rings is 1. The van der Waals surface area contributed by atoms with Crippen molar-refractivity contribution in [1.82, 2.24) is 15.1 Å². The quantitative estimate of drug-likeness (QED) is 0.767. The first-order chi connectivity index (χ1) is 15.4. The van der Waals surface area contributed by atoms with Gasteiger partial charge in [0.2, 0.25) is 0 Å². The zero-order valence-electron chi connectivity index (χ0n) is 18.0. The van der Waals surface area contributed by atoms with Crippen LogP contribution in [-0.4, -0.2) is 71.3 Å². The summed E-state index contributed by atoms with van der Waals surface area (Å²) >= 11 is 0. The van der Waals surface area contributed by atoms with Crippen LogP contribution in [0.5, 0.6) is 0 Å². The van der Waals surface area contributed by atoms with Gasteiger partial charge in [-0.05, 0) is 43.2 Å². The van der Waals surface area contributed by atoms with E-state index in [1.165, 1.54) is 24.3 Å². The Hall–Kier alpha value is -2.97. The molecular weight excluding hydrogens is 413 g/mol. The first kappa shape index (κ1) is 22.2. The van der Waals surface area contributed by atoms with E-state index in [9.17, 15) is 19.1 Å². The molecule has 2 heterocycles. The van der Waals surface area contributed by atoms with Gasteiger partial charge in [0, 0.05) is 25.2 Å². The third kappa shape index (κ3) is 4.61. The highest BCUT2D eigenvalue weighted by Gasteiger charge is 2.48. The van der Waals surface area contributed by atoms with Crippen molar-refractivity contribution in [3.63, 3.8) is 0 Å². The average Bonchev–Trinajstić information content (AvgIpc) is 2.81. The van der Waals surface area contributed by atoms with E-state index < -0.39 is 29.4 Å². The fraction of sp³-hybridized carbons (Fsp3) is 0.417. The van der Waals surface area contributed by atoms with Crippen LogP contribution in [0.1, 0.15) is 35.3 Å². The van der Waals surface area contributed by atoms with Gasteiger partial charge in [0.25, 0.3) is 5.91 Å². The molecule has 3 amide bonds. The van der Waals surface area contributed by atoms with Crippen LogP contribution in [0, 0.1) is 5.82 Å². The van der Waals surface area contributed by atoms with Crippen LogP contribution in [0.3, 0.4) is 0 Å². The van der Waals surface area contributed by atoms with Crippen molar-refractivity contribution in [1.29, 1.82) is 0 Å². The summed E-state index contributed by atoms with van der Waals surface area (Å²) in [5, 5.41) is 14.2. The zero-order chi connectivity index (χ0) is 22.7. The number of benzene rings is 2. The SMILES string of the molecule is CC1(O)CCN(C(=O)N2CCOCC2)C(c2ccccc2)C1NC(=O)c1ccc(F)cc1. The number of urea groups is 1. The van der Waals surface area contributed by atoms with E-state index in [1.54, 1.807) is 16.7 Å². The maximum atomic E-state index is 13.4.